The minimum Gasteiger partial charge on any atom is -0.454 e. The summed E-state index contributed by atoms with van der Waals surface area (Å²) in [6, 6.07) is 10.9. The Hall–Kier alpha value is -2.64. The van der Waals surface area contributed by atoms with E-state index in [0.29, 0.717) is 48.8 Å². The Morgan fingerprint density at radius 2 is 2.00 bits per heavy atom. The van der Waals surface area contributed by atoms with E-state index in [2.05, 4.69) is 10.3 Å². The molecule has 1 aromatic heterocycles. The Labute approximate surface area is 151 Å². The highest BCUT2D eigenvalue weighted by Gasteiger charge is 2.35. The van der Waals surface area contributed by atoms with Gasteiger partial charge in [0.25, 0.3) is 0 Å². The average molecular weight is 355 g/mol. The summed E-state index contributed by atoms with van der Waals surface area (Å²) in [6.45, 7) is 1.77. The van der Waals surface area contributed by atoms with E-state index in [1.54, 1.807) is 24.4 Å². The molecule has 0 aliphatic carbocycles. The van der Waals surface area contributed by atoms with Crippen molar-refractivity contribution in [3.05, 3.63) is 48.3 Å². The number of pyridine rings is 1. The molecule has 1 fully saturated rings. The fraction of sp³-hybridized carbons (Fsp3) is 0.368. The maximum absolute atomic E-state index is 12.3. The second kappa shape index (κ2) is 6.93. The van der Waals surface area contributed by atoms with E-state index in [1.807, 2.05) is 23.1 Å². The van der Waals surface area contributed by atoms with Crippen LogP contribution in [0.25, 0.3) is 0 Å². The molecule has 2 aliphatic heterocycles. The van der Waals surface area contributed by atoms with Crippen molar-refractivity contribution < 1.29 is 19.4 Å². The zero-order chi connectivity index (χ0) is 18.0. The van der Waals surface area contributed by atoms with Gasteiger partial charge in [-0.2, -0.15) is 0 Å². The number of piperidine rings is 1. The van der Waals surface area contributed by atoms with E-state index < -0.39 is 5.60 Å². The van der Waals surface area contributed by atoms with Gasteiger partial charge in [-0.1, -0.05) is 6.07 Å². The van der Waals surface area contributed by atoms with Gasteiger partial charge in [-0.3, -0.25) is 14.7 Å². The summed E-state index contributed by atoms with van der Waals surface area (Å²) >= 11 is 0. The van der Waals surface area contributed by atoms with Crippen molar-refractivity contribution in [1.29, 1.82) is 0 Å². The summed E-state index contributed by atoms with van der Waals surface area (Å²) in [5, 5.41) is 13.7. The van der Waals surface area contributed by atoms with Gasteiger partial charge >= 0.3 is 0 Å². The standard InChI is InChI=1S/C19H21N3O4/c23-18(21-14-4-5-15-16(11-14)26-13-25-15)12-22-9-6-19(24,7-10-22)17-3-1-2-8-20-17/h1-5,8,11,24H,6-7,9-10,12-13H2,(H,21,23). The number of aromatic nitrogens is 1. The van der Waals surface area contributed by atoms with Crippen LogP contribution in [-0.2, 0) is 10.4 Å². The first-order valence-corrected chi connectivity index (χ1v) is 8.68. The molecule has 0 atom stereocenters. The van der Waals surface area contributed by atoms with Crippen LogP contribution in [0.15, 0.2) is 42.6 Å². The van der Waals surface area contributed by atoms with Crippen molar-refractivity contribution in [2.24, 2.45) is 0 Å². The molecule has 0 spiro atoms. The fourth-order valence-electron chi connectivity index (χ4n) is 3.35. The van der Waals surface area contributed by atoms with Gasteiger partial charge in [-0.25, -0.2) is 0 Å². The number of amides is 1. The summed E-state index contributed by atoms with van der Waals surface area (Å²) in [7, 11) is 0. The zero-order valence-electron chi connectivity index (χ0n) is 14.4. The highest BCUT2D eigenvalue weighted by atomic mass is 16.7. The third kappa shape index (κ3) is 3.49. The summed E-state index contributed by atoms with van der Waals surface area (Å²) in [6.07, 6.45) is 2.81. The molecule has 1 saturated heterocycles. The molecular weight excluding hydrogens is 334 g/mol. The van der Waals surface area contributed by atoms with E-state index in [4.69, 9.17) is 9.47 Å². The van der Waals surface area contributed by atoms with Crippen LogP contribution in [-0.4, -0.2) is 47.3 Å². The maximum atomic E-state index is 12.3. The second-order valence-electron chi connectivity index (χ2n) is 6.64. The van der Waals surface area contributed by atoms with Crippen LogP contribution in [0.3, 0.4) is 0 Å². The van der Waals surface area contributed by atoms with E-state index in [0.717, 1.165) is 0 Å². The molecule has 136 valence electrons. The molecule has 2 aliphatic rings. The van der Waals surface area contributed by atoms with Gasteiger partial charge < -0.3 is 19.9 Å². The monoisotopic (exact) mass is 355 g/mol. The van der Waals surface area contributed by atoms with Crippen LogP contribution >= 0.6 is 0 Å². The number of hydrogen-bond donors (Lipinski definition) is 2. The first kappa shape index (κ1) is 16.8. The Bertz CT molecular complexity index is 789. The Morgan fingerprint density at radius 1 is 1.19 bits per heavy atom. The molecule has 0 radical (unpaired) electrons. The third-order valence-electron chi connectivity index (χ3n) is 4.85. The van der Waals surface area contributed by atoms with Crippen molar-refractivity contribution in [3.63, 3.8) is 0 Å². The smallest absolute Gasteiger partial charge is 0.238 e. The molecule has 7 nitrogen and oxygen atoms in total. The van der Waals surface area contributed by atoms with Gasteiger partial charge in [0, 0.05) is 31.0 Å². The molecule has 1 amide bonds. The van der Waals surface area contributed by atoms with Crippen LogP contribution in [0, 0.1) is 0 Å². The largest absolute Gasteiger partial charge is 0.454 e. The van der Waals surface area contributed by atoms with Crippen LogP contribution in [0.1, 0.15) is 18.5 Å². The first-order chi connectivity index (χ1) is 12.6. The molecule has 4 rings (SSSR count). The number of fused-ring (bicyclic) bond motifs is 1. The number of carbonyl (C=O) groups is 1. The lowest BCUT2D eigenvalue weighted by molar-refractivity contribution is -0.118. The van der Waals surface area contributed by atoms with Crippen molar-refractivity contribution in [1.82, 2.24) is 9.88 Å². The topological polar surface area (TPSA) is 83.9 Å². The summed E-state index contributed by atoms with van der Waals surface area (Å²) in [5.41, 5.74) is 0.469. The SMILES string of the molecule is O=C(CN1CCC(O)(c2ccccn2)CC1)Nc1ccc2c(c1)OCO2. The van der Waals surface area contributed by atoms with Gasteiger partial charge in [-0.15, -0.1) is 0 Å². The zero-order valence-corrected chi connectivity index (χ0v) is 14.4. The molecule has 3 heterocycles. The summed E-state index contributed by atoms with van der Waals surface area (Å²) < 4.78 is 10.6. The molecule has 26 heavy (non-hydrogen) atoms. The fourth-order valence-corrected chi connectivity index (χ4v) is 3.35. The quantitative estimate of drug-likeness (QED) is 0.869. The predicted molar refractivity (Wildman–Crippen MR) is 95.0 cm³/mol. The molecule has 0 saturated carbocycles. The normalized spacial score (nSPS) is 18.5. The van der Waals surface area contributed by atoms with Crippen molar-refractivity contribution in [3.8, 4) is 11.5 Å². The minimum absolute atomic E-state index is 0.0906. The molecule has 2 N–H and O–H groups in total. The number of ether oxygens (including phenoxy) is 2. The second-order valence-corrected chi connectivity index (χ2v) is 6.64. The van der Waals surface area contributed by atoms with E-state index >= 15 is 0 Å². The number of nitrogens with zero attached hydrogens (tertiary/aromatic N) is 2. The van der Waals surface area contributed by atoms with E-state index in [-0.39, 0.29) is 19.2 Å². The van der Waals surface area contributed by atoms with Gasteiger partial charge in [-0.05, 0) is 37.1 Å². The molecule has 1 aromatic carbocycles. The lowest BCUT2D eigenvalue weighted by Gasteiger charge is -2.37. The number of anilines is 1. The number of rotatable bonds is 4. The summed E-state index contributed by atoms with van der Waals surface area (Å²) in [4.78, 5) is 18.6. The Morgan fingerprint density at radius 3 is 2.77 bits per heavy atom. The Balaban J connectivity index is 1.31. The van der Waals surface area contributed by atoms with Crippen molar-refractivity contribution in [2.45, 2.75) is 18.4 Å². The molecular formula is C19H21N3O4. The minimum atomic E-state index is -0.911. The lowest BCUT2D eigenvalue weighted by Crippen LogP contribution is -2.45. The number of aliphatic hydroxyl groups is 1. The van der Waals surface area contributed by atoms with Crippen LogP contribution in [0.4, 0.5) is 5.69 Å². The van der Waals surface area contributed by atoms with Gasteiger partial charge in [0.15, 0.2) is 11.5 Å². The van der Waals surface area contributed by atoms with E-state index in [1.165, 1.54) is 0 Å². The first-order valence-electron chi connectivity index (χ1n) is 8.68. The summed E-state index contributed by atoms with van der Waals surface area (Å²) in [5.74, 6) is 1.24. The predicted octanol–water partition coefficient (Wildman–Crippen LogP) is 1.73. The highest BCUT2D eigenvalue weighted by Crippen LogP contribution is 2.34. The lowest BCUT2D eigenvalue weighted by atomic mass is 9.88. The number of benzene rings is 1. The van der Waals surface area contributed by atoms with Crippen LogP contribution in [0.2, 0.25) is 0 Å². The number of nitrogens with one attached hydrogen (secondary N) is 1. The van der Waals surface area contributed by atoms with Crippen molar-refractivity contribution >= 4 is 11.6 Å². The maximum Gasteiger partial charge on any atom is 0.238 e. The van der Waals surface area contributed by atoms with Crippen molar-refractivity contribution in [2.75, 3.05) is 31.7 Å². The Kier molecular flexibility index (Phi) is 4.48. The van der Waals surface area contributed by atoms with Gasteiger partial charge in [0.2, 0.25) is 12.7 Å². The average Bonchev–Trinajstić information content (AvgIpc) is 3.12. The molecule has 0 bridgehead atoms. The third-order valence-corrected chi connectivity index (χ3v) is 4.85. The molecule has 0 unspecified atom stereocenters. The van der Waals surface area contributed by atoms with Gasteiger partial charge in [0.1, 0.15) is 5.60 Å². The number of carbonyl (C=O) groups excluding carboxylic acids is 1. The van der Waals surface area contributed by atoms with Crippen LogP contribution < -0.4 is 14.8 Å². The van der Waals surface area contributed by atoms with E-state index in [9.17, 15) is 9.90 Å². The molecule has 7 heteroatoms. The van der Waals surface area contributed by atoms with Crippen LogP contribution in [0.5, 0.6) is 11.5 Å². The number of likely N-dealkylation sites (tertiary alicyclic amines) is 1. The molecule has 2 aromatic rings. The number of hydrogen-bond acceptors (Lipinski definition) is 6. The highest BCUT2D eigenvalue weighted by molar-refractivity contribution is 5.92. The van der Waals surface area contributed by atoms with Gasteiger partial charge in [0.05, 0.1) is 12.2 Å².